The normalized spacial score (nSPS) is 11.4. The summed E-state index contributed by atoms with van der Waals surface area (Å²) in [6, 6.07) is 29.3. The van der Waals surface area contributed by atoms with Crippen molar-refractivity contribution in [3.05, 3.63) is 90.8 Å². The van der Waals surface area contributed by atoms with Crippen LogP contribution < -0.4 is 0 Å². The first-order chi connectivity index (χ1) is 14.2. The quantitative estimate of drug-likeness (QED) is 0.355. The molecule has 0 radical (unpaired) electrons. The summed E-state index contributed by atoms with van der Waals surface area (Å²) in [6.07, 6.45) is 0. The highest BCUT2D eigenvalue weighted by atomic mass is 15.0. The molecule has 0 spiro atoms. The van der Waals surface area contributed by atoms with E-state index in [1.54, 1.807) is 0 Å². The van der Waals surface area contributed by atoms with Crippen molar-refractivity contribution < 1.29 is 0 Å². The minimum Gasteiger partial charge on any atom is -0.213 e. The number of nitrogens with zero attached hydrogens (tertiary/aromatic N) is 3. The Bertz CT molecular complexity index is 1330. The van der Waals surface area contributed by atoms with E-state index >= 15 is 0 Å². The predicted octanol–water partition coefficient (Wildman–Crippen LogP) is 6.64. The zero-order chi connectivity index (χ0) is 19.8. The van der Waals surface area contributed by atoms with Gasteiger partial charge in [0.1, 0.15) is 5.82 Å². The molecule has 4 aromatic carbocycles. The summed E-state index contributed by atoms with van der Waals surface area (Å²) in [5, 5.41) is 4.73. The minimum atomic E-state index is 0.214. The molecule has 0 saturated heterocycles. The molecule has 5 rings (SSSR count). The van der Waals surface area contributed by atoms with Gasteiger partial charge in [-0.15, -0.1) is 0 Å². The van der Waals surface area contributed by atoms with Crippen molar-refractivity contribution in [2.75, 3.05) is 0 Å². The smallest absolute Gasteiger partial charge is 0.164 e. The van der Waals surface area contributed by atoms with E-state index in [2.05, 4.69) is 98.8 Å². The van der Waals surface area contributed by atoms with Crippen LogP contribution >= 0.6 is 0 Å². The van der Waals surface area contributed by atoms with Crippen LogP contribution in [-0.4, -0.2) is 15.0 Å². The molecule has 3 nitrogen and oxygen atoms in total. The van der Waals surface area contributed by atoms with Crippen LogP contribution in [0.1, 0.15) is 25.6 Å². The maximum atomic E-state index is 4.89. The fraction of sp³-hybridized carbons (Fsp3) is 0.115. The Labute approximate surface area is 170 Å². The molecule has 3 heteroatoms. The first-order valence-electron chi connectivity index (χ1n) is 9.92. The number of benzene rings is 4. The fourth-order valence-corrected chi connectivity index (χ4v) is 3.65. The van der Waals surface area contributed by atoms with Gasteiger partial charge in [0.15, 0.2) is 11.6 Å². The molecule has 0 bridgehead atoms. The van der Waals surface area contributed by atoms with E-state index in [1.165, 1.54) is 16.2 Å². The molecule has 0 amide bonds. The maximum Gasteiger partial charge on any atom is 0.164 e. The van der Waals surface area contributed by atoms with E-state index in [9.17, 15) is 0 Å². The third-order valence-corrected chi connectivity index (χ3v) is 5.21. The molecule has 5 aromatic rings. The number of hydrogen-bond acceptors (Lipinski definition) is 3. The zero-order valence-corrected chi connectivity index (χ0v) is 16.5. The lowest BCUT2D eigenvalue weighted by Crippen LogP contribution is -2.04. The van der Waals surface area contributed by atoms with Crippen LogP contribution in [0, 0.1) is 0 Å². The van der Waals surface area contributed by atoms with Crippen LogP contribution in [-0.2, 0) is 0 Å². The number of fused-ring (bicyclic) bond motifs is 2. The summed E-state index contributed by atoms with van der Waals surface area (Å²) in [5.41, 5.74) is 2.05. The average molecular weight is 375 g/mol. The van der Waals surface area contributed by atoms with E-state index in [-0.39, 0.29) is 5.92 Å². The van der Waals surface area contributed by atoms with Crippen molar-refractivity contribution in [1.82, 2.24) is 15.0 Å². The van der Waals surface area contributed by atoms with Crippen LogP contribution in [0.4, 0.5) is 0 Å². The lowest BCUT2D eigenvalue weighted by Gasteiger charge is -2.12. The van der Waals surface area contributed by atoms with Crippen molar-refractivity contribution in [2.24, 2.45) is 0 Å². The van der Waals surface area contributed by atoms with E-state index in [1.807, 2.05) is 0 Å². The van der Waals surface area contributed by atoms with Gasteiger partial charge in [-0.3, -0.25) is 0 Å². The standard InChI is InChI=1S/C26H21N3/c1-17(2)24-27-25(21-15-14-18-8-3-4-10-20(18)16-21)29-26(28-24)23-13-7-11-19-9-5-6-12-22(19)23/h3-17H,1-2H3. The molecular weight excluding hydrogens is 354 g/mol. The van der Waals surface area contributed by atoms with Crippen LogP contribution in [0.15, 0.2) is 84.9 Å². The molecule has 29 heavy (non-hydrogen) atoms. The summed E-state index contributed by atoms with van der Waals surface area (Å²) >= 11 is 0. The summed E-state index contributed by atoms with van der Waals surface area (Å²) in [6.45, 7) is 4.23. The van der Waals surface area contributed by atoms with E-state index in [0.29, 0.717) is 0 Å². The van der Waals surface area contributed by atoms with Gasteiger partial charge in [-0.25, -0.2) is 15.0 Å². The lowest BCUT2D eigenvalue weighted by molar-refractivity contribution is 0.766. The number of hydrogen-bond donors (Lipinski definition) is 0. The van der Waals surface area contributed by atoms with Gasteiger partial charge in [-0.2, -0.15) is 0 Å². The van der Waals surface area contributed by atoms with Gasteiger partial charge >= 0.3 is 0 Å². The summed E-state index contributed by atoms with van der Waals surface area (Å²) in [7, 11) is 0. The lowest BCUT2D eigenvalue weighted by atomic mass is 10.0. The summed E-state index contributed by atoms with van der Waals surface area (Å²) in [5.74, 6) is 2.47. The van der Waals surface area contributed by atoms with Crippen molar-refractivity contribution in [2.45, 2.75) is 19.8 Å². The molecule has 0 aliphatic rings. The van der Waals surface area contributed by atoms with Crippen LogP contribution in [0.25, 0.3) is 44.3 Å². The molecule has 0 fully saturated rings. The van der Waals surface area contributed by atoms with E-state index in [4.69, 9.17) is 15.0 Å². The third-order valence-electron chi connectivity index (χ3n) is 5.21. The first kappa shape index (κ1) is 17.5. The molecule has 1 heterocycles. The molecule has 0 saturated carbocycles. The van der Waals surface area contributed by atoms with Crippen LogP contribution in [0.2, 0.25) is 0 Å². The number of aromatic nitrogens is 3. The Morgan fingerprint density at radius 1 is 0.586 bits per heavy atom. The second-order valence-corrected chi connectivity index (χ2v) is 7.58. The molecule has 0 aliphatic heterocycles. The van der Waals surface area contributed by atoms with Gasteiger partial charge in [0.2, 0.25) is 0 Å². The Hall–Kier alpha value is -3.59. The highest BCUT2D eigenvalue weighted by Gasteiger charge is 2.14. The van der Waals surface area contributed by atoms with Gasteiger partial charge in [0.25, 0.3) is 0 Å². The number of rotatable bonds is 3. The Morgan fingerprint density at radius 2 is 1.28 bits per heavy atom. The molecule has 140 valence electrons. The highest BCUT2D eigenvalue weighted by Crippen LogP contribution is 2.29. The van der Waals surface area contributed by atoms with Crippen LogP contribution in [0.3, 0.4) is 0 Å². The molecule has 0 atom stereocenters. The molecule has 0 N–H and O–H groups in total. The zero-order valence-electron chi connectivity index (χ0n) is 16.5. The monoisotopic (exact) mass is 375 g/mol. The van der Waals surface area contributed by atoms with Gasteiger partial charge in [-0.1, -0.05) is 92.7 Å². The predicted molar refractivity (Wildman–Crippen MR) is 120 cm³/mol. The molecule has 1 aromatic heterocycles. The Balaban J connectivity index is 1.73. The molecule has 0 aliphatic carbocycles. The van der Waals surface area contributed by atoms with Gasteiger partial charge < -0.3 is 0 Å². The van der Waals surface area contributed by atoms with Gasteiger partial charge in [0, 0.05) is 17.0 Å². The Morgan fingerprint density at radius 3 is 2.10 bits per heavy atom. The van der Waals surface area contributed by atoms with Crippen LogP contribution in [0.5, 0.6) is 0 Å². The molecule has 0 unspecified atom stereocenters. The van der Waals surface area contributed by atoms with Gasteiger partial charge in [0.05, 0.1) is 0 Å². The second-order valence-electron chi connectivity index (χ2n) is 7.58. The first-order valence-corrected chi connectivity index (χ1v) is 9.92. The largest absolute Gasteiger partial charge is 0.213 e. The van der Waals surface area contributed by atoms with Crippen molar-refractivity contribution in [1.29, 1.82) is 0 Å². The highest BCUT2D eigenvalue weighted by molar-refractivity contribution is 5.95. The fourth-order valence-electron chi connectivity index (χ4n) is 3.65. The summed E-state index contributed by atoms with van der Waals surface area (Å²) in [4.78, 5) is 14.5. The minimum absolute atomic E-state index is 0.214. The van der Waals surface area contributed by atoms with E-state index < -0.39 is 0 Å². The van der Waals surface area contributed by atoms with Crippen molar-refractivity contribution >= 4 is 21.5 Å². The Kier molecular flexibility index (Phi) is 4.28. The average Bonchev–Trinajstić information content (AvgIpc) is 2.78. The third kappa shape index (κ3) is 3.25. The van der Waals surface area contributed by atoms with Crippen molar-refractivity contribution in [3.63, 3.8) is 0 Å². The maximum absolute atomic E-state index is 4.89. The molecular formula is C26H21N3. The van der Waals surface area contributed by atoms with Gasteiger partial charge in [-0.05, 0) is 27.6 Å². The van der Waals surface area contributed by atoms with E-state index in [0.717, 1.165) is 34.0 Å². The van der Waals surface area contributed by atoms with Crippen molar-refractivity contribution in [3.8, 4) is 22.8 Å². The summed E-state index contributed by atoms with van der Waals surface area (Å²) < 4.78 is 0. The SMILES string of the molecule is CC(C)c1nc(-c2ccc3ccccc3c2)nc(-c2cccc3ccccc23)n1. The topological polar surface area (TPSA) is 38.7 Å². The second kappa shape index (κ2) is 7.10.